The Morgan fingerprint density at radius 1 is 1.19 bits per heavy atom. The molecule has 0 saturated heterocycles. The fourth-order valence-electron chi connectivity index (χ4n) is 1.52. The van der Waals surface area contributed by atoms with Gasteiger partial charge in [-0.25, -0.2) is 0 Å². The molecule has 0 aliphatic rings. The molecule has 1 amide bonds. The van der Waals surface area contributed by atoms with Crippen LogP contribution in [0.4, 0.5) is 0 Å². The minimum absolute atomic E-state index is 0.0447. The van der Waals surface area contributed by atoms with E-state index in [9.17, 15) is 4.79 Å². The smallest absolute Gasteiger partial charge is 0.224 e. The number of carbonyl (C=O) groups excluding carboxylic acids is 1. The van der Waals surface area contributed by atoms with Crippen LogP contribution in [0.5, 0.6) is 0 Å². The number of rotatable bonds is 3. The molecular formula is C13H13NOS. The summed E-state index contributed by atoms with van der Waals surface area (Å²) in [5.41, 5.74) is 3.47. The second-order valence-electron chi connectivity index (χ2n) is 3.56. The van der Waals surface area contributed by atoms with Gasteiger partial charge in [0.2, 0.25) is 5.91 Å². The number of hydrogen-bond donors (Lipinski definition) is 1. The number of carbonyl (C=O) groups is 1. The lowest BCUT2D eigenvalue weighted by Crippen LogP contribution is -2.19. The van der Waals surface area contributed by atoms with Crippen LogP contribution in [0.3, 0.4) is 0 Å². The van der Waals surface area contributed by atoms with Crippen LogP contribution in [0.1, 0.15) is 5.56 Å². The van der Waals surface area contributed by atoms with E-state index in [-0.39, 0.29) is 5.91 Å². The zero-order valence-electron chi connectivity index (χ0n) is 9.07. The monoisotopic (exact) mass is 231 g/mol. The molecule has 0 radical (unpaired) electrons. The molecule has 0 fully saturated rings. The molecule has 0 aliphatic heterocycles. The highest BCUT2D eigenvalue weighted by Crippen LogP contribution is 2.22. The van der Waals surface area contributed by atoms with Crippen LogP contribution in [-0.4, -0.2) is 13.0 Å². The molecule has 1 aromatic carbocycles. The van der Waals surface area contributed by atoms with Crippen LogP contribution in [0, 0.1) is 0 Å². The third-order valence-corrected chi connectivity index (χ3v) is 3.14. The van der Waals surface area contributed by atoms with Crippen LogP contribution in [0.25, 0.3) is 11.1 Å². The average Bonchev–Trinajstić information content (AvgIpc) is 2.83. The molecule has 2 nitrogen and oxygen atoms in total. The zero-order valence-corrected chi connectivity index (χ0v) is 9.88. The third-order valence-electron chi connectivity index (χ3n) is 2.45. The van der Waals surface area contributed by atoms with Crippen LogP contribution >= 0.6 is 11.3 Å². The van der Waals surface area contributed by atoms with Crippen molar-refractivity contribution in [2.24, 2.45) is 0 Å². The number of likely N-dealkylation sites (N-methyl/N-ethyl adjacent to an activating group) is 1. The predicted octanol–water partition coefficient (Wildman–Crippen LogP) is 2.70. The summed E-state index contributed by atoms with van der Waals surface area (Å²) in [4.78, 5) is 11.2. The molecule has 82 valence electrons. The zero-order chi connectivity index (χ0) is 11.4. The van der Waals surface area contributed by atoms with Crippen molar-refractivity contribution in [1.29, 1.82) is 0 Å². The quantitative estimate of drug-likeness (QED) is 0.864. The van der Waals surface area contributed by atoms with Gasteiger partial charge in [0.1, 0.15) is 0 Å². The molecule has 0 unspecified atom stereocenters. The number of benzene rings is 1. The van der Waals surface area contributed by atoms with Crippen LogP contribution < -0.4 is 5.32 Å². The maximum Gasteiger partial charge on any atom is 0.224 e. The Hall–Kier alpha value is -1.61. The number of amides is 1. The van der Waals surface area contributed by atoms with Gasteiger partial charge in [0, 0.05) is 7.05 Å². The molecule has 1 heterocycles. The molecule has 3 heteroatoms. The first kappa shape index (κ1) is 10.9. The fourth-order valence-corrected chi connectivity index (χ4v) is 2.18. The van der Waals surface area contributed by atoms with Gasteiger partial charge in [-0.3, -0.25) is 4.79 Å². The molecule has 0 aliphatic carbocycles. The van der Waals surface area contributed by atoms with Gasteiger partial charge in [-0.2, -0.15) is 11.3 Å². The van der Waals surface area contributed by atoms with E-state index >= 15 is 0 Å². The van der Waals surface area contributed by atoms with E-state index in [4.69, 9.17) is 0 Å². The third kappa shape index (κ3) is 2.49. The van der Waals surface area contributed by atoms with Gasteiger partial charge in [-0.1, -0.05) is 24.3 Å². The Bertz CT molecular complexity index is 459. The molecule has 0 bridgehead atoms. The summed E-state index contributed by atoms with van der Waals surface area (Å²) < 4.78 is 0. The Morgan fingerprint density at radius 3 is 2.50 bits per heavy atom. The lowest BCUT2D eigenvalue weighted by atomic mass is 10.1. The molecule has 0 atom stereocenters. The number of hydrogen-bond acceptors (Lipinski definition) is 2. The van der Waals surface area contributed by atoms with Gasteiger partial charge in [-0.15, -0.1) is 0 Å². The highest BCUT2D eigenvalue weighted by molar-refractivity contribution is 7.08. The summed E-state index contributed by atoms with van der Waals surface area (Å²) in [6, 6.07) is 10.2. The Balaban J connectivity index is 2.14. The molecule has 16 heavy (non-hydrogen) atoms. The minimum atomic E-state index is 0.0447. The molecule has 2 aromatic rings. The highest BCUT2D eigenvalue weighted by atomic mass is 32.1. The van der Waals surface area contributed by atoms with Crippen molar-refractivity contribution in [3.8, 4) is 11.1 Å². The van der Waals surface area contributed by atoms with Gasteiger partial charge in [0.05, 0.1) is 6.42 Å². The van der Waals surface area contributed by atoms with Gasteiger partial charge < -0.3 is 5.32 Å². The first-order chi connectivity index (χ1) is 7.79. The van der Waals surface area contributed by atoms with Crippen molar-refractivity contribution >= 4 is 17.2 Å². The summed E-state index contributed by atoms with van der Waals surface area (Å²) in [7, 11) is 1.65. The predicted molar refractivity (Wildman–Crippen MR) is 67.5 cm³/mol. The van der Waals surface area contributed by atoms with Crippen molar-refractivity contribution in [3.05, 3.63) is 46.7 Å². The summed E-state index contributed by atoms with van der Waals surface area (Å²) in [5, 5.41) is 6.80. The lowest BCUT2D eigenvalue weighted by molar-refractivity contribution is -0.119. The summed E-state index contributed by atoms with van der Waals surface area (Å²) in [5.74, 6) is 0.0447. The summed E-state index contributed by atoms with van der Waals surface area (Å²) in [6.45, 7) is 0. The second kappa shape index (κ2) is 4.94. The van der Waals surface area contributed by atoms with Crippen molar-refractivity contribution in [1.82, 2.24) is 5.32 Å². The van der Waals surface area contributed by atoms with Gasteiger partial charge in [-0.05, 0) is 33.5 Å². The Morgan fingerprint density at radius 2 is 1.94 bits per heavy atom. The first-order valence-corrected chi connectivity index (χ1v) is 6.06. The topological polar surface area (TPSA) is 29.1 Å². The fraction of sp³-hybridized carbons (Fsp3) is 0.154. The largest absolute Gasteiger partial charge is 0.359 e. The van der Waals surface area contributed by atoms with E-state index in [1.807, 2.05) is 12.1 Å². The Labute approximate surface area is 98.9 Å². The highest BCUT2D eigenvalue weighted by Gasteiger charge is 2.01. The molecular weight excluding hydrogens is 218 g/mol. The van der Waals surface area contributed by atoms with Crippen molar-refractivity contribution in [2.45, 2.75) is 6.42 Å². The maximum atomic E-state index is 11.2. The van der Waals surface area contributed by atoms with Gasteiger partial charge >= 0.3 is 0 Å². The normalized spacial score (nSPS) is 10.1. The second-order valence-corrected chi connectivity index (χ2v) is 4.34. The van der Waals surface area contributed by atoms with E-state index in [1.165, 1.54) is 11.1 Å². The van der Waals surface area contributed by atoms with Crippen LogP contribution in [0.2, 0.25) is 0 Å². The molecule has 0 saturated carbocycles. The van der Waals surface area contributed by atoms with Crippen LogP contribution in [0.15, 0.2) is 41.1 Å². The van der Waals surface area contributed by atoms with E-state index in [2.05, 4.69) is 34.3 Å². The Kier molecular flexibility index (Phi) is 3.37. The first-order valence-electron chi connectivity index (χ1n) is 5.11. The van der Waals surface area contributed by atoms with Gasteiger partial charge in [0.25, 0.3) is 0 Å². The van der Waals surface area contributed by atoms with Gasteiger partial charge in [0.15, 0.2) is 0 Å². The SMILES string of the molecule is CNC(=O)Cc1ccc(-c2ccsc2)cc1. The van der Waals surface area contributed by atoms with Crippen LogP contribution in [-0.2, 0) is 11.2 Å². The summed E-state index contributed by atoms with van der Waals surface area (Å²) >= 11 is 1.69. The molecule has 1 N–H and O–H groups in total. The number of thiophene rings is 1. The van der Waals surface area contributed by atoms with Crippen molar-refractivity contribution in [3.63, 3.8) is 0 Å². The lowest BCUT2D eigenvalue weighted by Gasteiger charge is -2.02. The van der Waals surface area contributed by atoms with Crippen molar-refractivity contribution < 1.29 is 4.79 Å². The summed E-state index contributed by atoms with van der Waals surface area (Å²) in [6.07, 6.45) is 0.445. The molecule has 1 aromatic heterocycles. The van der Waals surface area contributed by atoms with E-state index in [1.54, 1.807) is 18.4 Å². The van der Waals surface area contributed by atoms with Crippen molar-refractivity contribution in [2.75, 3.05) is 7.05 Å². The van der Waals surface area contributed by atoms with E-state index < -0.39 is 0 Å². The van der Waals surface area contributed by atoms with E-state index in [0.29, 0.717) is 6.42 Å². The average molecular weight is 231 g/mol. The number of nitrogens with one attached hydrogen (secondary N) is 1. The maximum absolute atomic E-state index is 11.2. The minimum Gasteiger partial charge on any atom is -0.359 e. The molecule has 0 spiro atoms. The molecule has 2 rings (SSSR count). The van der Waals surface area contributed by atoms with E-state index in [0.717, 1.165) is 5.56 Å². The standard InChI is InChI=1S/C13H13NOS/c1-14-13(15)8-10-2-4-11(5-3-10)12-6-7-16-9-12/h2-7,9H,8H2,1H3,(H,14,15).